The van der Waals surface area contributed by atoms with Crippen molar-refractivity contribution in [3.63, 3.8) is 0 Å². The number of rotatable bonds is 6. The van der Waals surface area contributed by atoms with Crippen molar-refractivity contribution in [2.75, 3.05) is 6.54 Å². The molecular weight excluding hydrogens is 302 g/mol. The van der Waals surface area contributed by atoms with E-state index in [0.717, 1.165) is 9.87 Å². The van der Waals surface area contributed by atoms with E-state index >= 15 is 0 Å². The molecule has 1 aromatic rings. The van der Waals surface area contributed by atoms with Gasteiger partial charge in [0.15, 0.2) is 0 Å². The van der Waals surface area contributed by atoms with Gasteiger partial charge in [-0.05, 0) is 31.5 Å². The third-order valence-electron chi connectivity index (χ3n) is 2.71. The molecule has 0 aliphatic carbocycles. The quantitative estimate of drug-likeness (QED) is 0.804. The number of halogens is 1. The first-order chi connectivity index (χ1) is 9.20. The average molecular weight is 320 g/mol. The molecule has 4 N–H and O–H groups in total. The van der Waals surface area contributed by atoms with Crippen molar-refractivity contribution < 1.29 is 13.2 Å². The summed E-state index contributed by atoms with van der Waals surface area (Å²) in [5.74, 6) is -0.725. The molecule has 0 aliphatic rings. The highest BCUT2D eigenvalue weighted by molar-refractivity contribution is 7.89. The molecule has 6 nitrogen and oxygen atoms in total. The fraction of sp³-hybridized carbons (Fsp3) is 0.417. The SMILES string of the molecule is CC(C)N(CC(N)=O)S(=O)(=O)c1ccc(CN)cc1Cl. The first-order valence-electron chi connectivity index (χ1n) is 5.98. The zero-order chi connectivity index (χ0) is 15.5. The van der Waals surface area contributed by atoms with Crippen LogP contribution in [0.3, 0.4) is 0 Å². The normalized spacial score (nSPS) is 12.1. The number of nitrogens with two attached hydrogens (primary N) is 2. The number of hydrogen-bond donors (Lipinski definition) is 2. The Kier molecular flexibility index (Phi) is 5.52. The summed E-state index contributed by atoms with van der Waals surface area (Å²) in [6.07, 6.45) is 0. The predicted molar refractivity (Wildman–Crippen MR) is 77.6 cm³/mol. The predicted octanol–water partition coefficient (Wildman–Crippen LogP) is 0.683. The average Bonchev–Trinajstić information content (AvgIpc) is 2.34. The van der Waals surface area contributed by atoms with Crippen molar-refractivity contribution >= 4 is 27.5 Å². The number of benzene rings is 1. The molecular formula is C12H18ClN3O3S. The van der Waals surface area contributed by atoms with E-state index in [4.69, 9.17) is 23.1 Å². The number of primary amides is 1. The maximum absolute atomic E-state index is 12.5. The molecule has 0 unspecified atom stereocenters. The Hall–Kier alpha value is -1.15. The van der Waals surface area contributed by atoms with Gasteiger partial charge >= 0.3 is 0 Å². The van der Waals surface area contributed by atoms with E-state index in [-0.39, 0.29) is 16.5 Å². The highest BCUT2D eigenvalue weighted by atomic mass is 35.5. The zero-order valence-corrected chi connectivity index (χ0v) is 12.9. The van der Waals surface area contributed by atoms with E-state index in [1.54, 1.807) is 19.9 Å². The third kappa shape index (κ3) is 3.69. The largest absolute Gasteiger partial charge is 0.369 e. The fourth-order valence-corrected chi connectivity index (χ4v) is 3.85. The lowest BCUT2D eigenvalue weighted by atomic mass is 10.2. The summed E-state index contributed by atoms with van der Waals surface area (Å²) in [6.45, 7) is 3.18. The summed E-state index contributed by atoms with van der Waals surface area (Å²) < 4.78 is 26.1. The first-order valence-corrected chi connectivity index (χ1v) is 7.80. The van der Waals surface area contributed by atoms with Gasteiger partial charge in [0.2, 0.25) is 15.9 Å². The maximum atomic E-state index is 12.5. The minimum atomic E-state index is -3.89. The molecule has 112 valence electrons. The monoisotopic (exact) mass is 319 g/mol. The highest BCUT2D eigenvalue weighted by Gasteiger charge is 2.30. The molecule has 0 aliphatic heterocycles. The van der Waals surface area contributed by atoms with Gasteiger partial charge in [0.25, 0.3) is 0 Å². The van der Waals surface area contributed by atoms with E-state index < -0.39 is 28.5 Å². The van der Waals surface area contributed by atoms with Crippen LogP contribution in [0, 0.1) is 0 Å². The first kappa shape index (κ1) is 16.9. The second-order valence-electron chi connectivity index (χ2n) is 4.58. The molecule has 0 atom stereocenters. The molecule has 0 saturated carbocycles. The summed E-state index contributed by atoms with van der Waals surface area (Å²) in [7, 11) is -3.89. The summed E-state index contributed by atoms with van der Waals surface area (Å²) in [4.78, 5) is 11.0. The molecule has 1 amide bonds. The zero-order valence-electron chi connectivity index (χ0n) is 11.3. The summed E-state index contributed by atoms with van der Waals surface area (Å²) >= 11 is 6.00. The van der Waals surface area contributed by atoms with Crippen molar-refractivity contribution in [1.29, 1.82) is 0 Å². The molecule has 1 aromatic carbocycles. The van der Waals surface area contributed by atoms with Gasteiger partial charge in [-0.2, -0.15) is 4.31 Å². The number of sulfonamides is 1. The molecule has 0 saturated heterocycles. The van der Waals surface area contributed by atoms with Gasteiger partial charge in [-0.25, -0.2) is 8.42 Å². The van der Waals surface area contributed by atoms with Crippen LogP contribution >= 0.6 is 11.6 Å². The van der Waals surface area contributed by atoms with Crippen LogP contribution in [0.15, 0.2) is 23.1 Å². The minimum absolute atomic E-state index is 0.0636. The number of hydrogen-bond acceptors (Lipinski definition) is 4. The maximum Gasteiger partial charge on any atom is 0.245 e. The van der Waals surface area contributed by atoms with Crippen LogP contribution < -0.4 is 11.5 Å². The van der Waals surface area contributed by atoms with Crippen LogP contribution in [0.1, 0.15) is 19.4 Å². The van der Waals surface area contributed by atoms with Gasteiger partial charge in [0, 0.05) is 12.6 Å². The Morgan fingerprint density at radius 3 is 2.40 bits per heavy atom. The molecule has 0 radical (unpaired) electrons. The molecule has 0 aromatic heterocycles. The van der Waals surface area contributed by atoms with Gasteiger partial charge < -0.3 is 11.5 Å². The topological polar surface area (TPSA) is 106 Å². The molecule has 0 spiro atoms. The molecule has 0 fully saturated rings. The summed E-state index contributed by atoms with van der Waals surface area (Å²) in [5, 5.41) is 0.0723. The van der Waals surface area contributed by atoms with Crippen LogP contribution in [0.4, 0.5) is 0 Å². The Bertz CT molecular complexity index is 602. The van der Waals surface area contributed by atoms with Gasteiger partial charge in [-0.3, -0.25) is 4.79 Å². The number of amides is 1. The van der Waals surface area contributed by atoms with E-state index in [1.165, 1.54) is 12.1 Å². The molecule has 8 heteroatoms. The van der Waals surface area contributed by atoms with Crippen LogP contribution in [0.5, 0.6) is 0 Å². The smallest absolute Gasteiger partial charge is 0.245 e. The van der Waals surface area contributed by atoms with Crippen molar-refractivity contribution in [2.45, 2.75) is 31.3 Å². The second kappa shape index (κ2) is 6.53. The fourth-order valence-electron chi connectivity index (χ4n) is 1.71. The lowest BCUT2D eigenvalue weighted by Gasteiger charge is -2.25. The van der Waals surface area contributed by atoms with E-state index in [0.29, 0.717) is 0 Å². The highest BCUT2D eigenvalue weighted by Crippen LogP contribution is 2.26. The Morgan fingerprint density at radius 1 is 1.40 bits per heavy atom. The standard InChI is InChI=1S/C12H18ClN3O3S/c1-8(2)16(7-12(15)17)20(18,19)11-4-3-9(6-14)5-10(11)13/h3-5,8H,6-7,14H2,1-2H3,(H2,15,17). The molecule has 0 bridgehead atoms. The lowest BCUT2D eigenvalue weighted by Crippen LogP contribution is -2.42. The van der Waals surface area contributed by atoms with Crippen LogP contribution in [0.25, 0.3) is 0 Å². The van der Waals surface area contributed by atoms with E-state index in [9.17, 15) is 13.2 Å². The second-order valence-corrected chi connectivity index (χ2v) is 6.85. The Labute approximate surface area is 123 Å². The van der Waals surface area contributed by atoms with Crippen molar-refractivity contribution in [3.8, 4) is 0 Å². The number of carbonyl (C=O) groups excluding carboxylic acids is 1. The van der Waals surface area contributed by atoms with E-state index in [2.05, 4.69) is 0 Å². The Morgan fingerprint density at radius 2 is 2.00 bits per heavy atom. The number of nitrogens with zero attached hydrogens (tertiary/aromatic N) is 1. The van der Waals surface area contributed by atoms with Crippen LogP contribution in [-0.2, 0) is 21.4 Å². The number of carbonyl (C=O) groups is 1. The third-order valence-corrected chi connectivity index (χ3v) is 5.21. The van der Waals surface area contributed by atoms with E-state index in [1.807, 2.05) is 0 Å². The molecule has 20 heavy (non-hydrogen) atoms. The van der Waals surface area contributed by atoms with Gasteiger partial charge in [-0.15, -0.1) is 0 Å². The molecule has 0 heterocycles. The summed E-state index contributed by atoms with van der Waals surface area (Å²) in [6, 6.07) is 4.05. The van der Waals surface area contributed by atoms with Gasteiger partial charge in [0.05, 0.1) is 11.6 Å². The summed E-state index contributed by atoms with van der Waals surface area (Å²) in [5.41, 5.74) is 11.3. The Balaban J connectivity index is 3.29. The van der Waals surface area contributed by atoms with Crippen LogP contribution in [0.2, 0.25) is 5.02 Å². The van der Waals surface area contributed by atoms with Gasteiger partial charge in [-0.1, -0.05) is 17.7 Å². The van der Waals surface area contributed by atoms with Crippen molar-refractivity contribution in [3.05, 3.63) is 28.8 Å². The van der Waals surface area contributed by atoms with Crippen molar-refractivity contribution in [2.24, 2.45) is 11.5 Å². The van der Waals surface area contributed by atoms with Crippen LogP contribution in [-0.4, -0.2) is 31.2 Å². The lowest BCUT2D eigenvalue weighted by molar-refractivity contribution is -0.118. The van der Waals surface area contributed by atoms with Crippen molar-refractivity contribution in [1.82, 2.24) is 4.31 Å². The van der Waals surface area contributed by atoms with Gasteiger partial charge in [0.1, 0.15) is 4.90 Å². The minimum Gasteiger partial charge on any atom is -0.369 e. The molecule has 1 rings (SSSR count).